The fourth-order valence-corrected chi connectivity index (χ4v) is 2.39. The number of carbonyl (C=O) groups is 1. The number of nitrogens with two attached hydrogens (primary N) is 1. The molecule has 21 heavy (non-hydrogen) atoms. The molecule has 2 rings (SSSR count). The molecule has 3 N–H and O–H groups in total. The Labute approximate surface area is 134 Å². The van der Waals surface area contributed by atoms with Gasteiger partial charge in [0, 0.05) is 10.6 Å². The summed E-state index contributed by atoms with van der Waals surface area (Å²) in [5.74, 6) is -0.139. The topological polar surface area (TPSA) is 55.1 Å². The average Bonchev–Trinajstić information content (AvgIpc) is 2.38. The molecule has 0 saturated heterocycles. The Morgan fingerprint density at radius 3 is 2.71 bits per heavy atom. The maximum Gasteiger partial charge on any atom is 0.228 e. The summed E-state index contributed by atoms with van der Waals surface area (Å²) in [5, 5.41) is 3.32. The van der Waals surface area contributed by atoms with Crippen LogP contribution < -0.4 is 11.1 Å². The van der Waals surface area contributed by atoms with Crippen molar-refractivity contribution in [1.29, 1.82) is 0 Å². The van der Waals surface area contributed by atoms with Crippen molar-refractivity contribution in [3.63, 3.8) is 0 Å². The highest BCUT2D eigenvalue weighted by atomic mass is 35.5. The lowest BCUT2D eigenvalue weighted by molar-refractivity contribution is -0.115. The monoisotopic (exact) mass is 318 g/mol. The normalized spacial score (nSPS) is 10.2. The van der Waals surface area contributed by atoms with Crippen LogP contribution in [0.15, 0.2) is 42.5 Å². The van der Waals surface area contributed by atoms with Crippen molar-refractivity contribution in [2.24, 2.45) is 5.73 Å². The molecule has 0 atom stereocenters. The Hall–Kier alpha value is -1.91. The Morgan fingerprint density at radius 1 is 1.29 bits per heavy atom. The highest BCUT2D eigenvalue weighted by molar-refractivity contribution is 7.80. The highest BCUT2D eigenvalue weighted by Gasteiger charge is 2.10. The van der Waals surface area contributed by atoms with Gasteiger partial charge in [-0.3, -0.25) is 4.79 Å². The van der Waals surface area contributed by atoms with Gasteiger partial charge in [0.05, 0.1) is 12.1 Å². The summed E-state index contributed by atoms with van der Waals surface area (Å²) >= 11 is 10.9. The van der Waals surface area contributed by atoms with E-state index in [1.807, 2.05) is 31.2 Å². The Kier molecular flexibility index (Phi) is 4.94. The molecule has 1 amide bonds. The maximum absolute atomic E-state index is 12.1. The minimum absolute atomic E-state index is 0.139. The van der Waals surface area contributed by atoms with E-state index in [-0.39, 0.29) is 17.3 Å². The lowest BCUT2D eigenvalue weighted by atomic mass is 10.1. The molecule has 0 radical (unpaired) electrons. The molecule has 0 heterocycles. The predicted molar refractivity (Wildman–Crippen MR) is 90.9 cm³/mol. The molecule has 0 aromatic heterocycles. The Morgan fingerprint density at radius 2 is 2.05 bits per heavy atom. The first kappa shape index (κ1) is 15.5. The van der Waals surface area contributed by atoms with Crippen LogP contribution in [-0.2, 0) is 11.2 Å². The molecular weight excluding hydrogens is 304 g/mol. The van der Waals surface area contributed by atoms with Crippen molar-refractivity contribution in [1.82, 2.24) is 0 Å². The molecule has 0 aliphatic rings. The zero-order valence-corrected chi connectivity index (χ0v) is 13.1. The second-order valence-electron chi connectivity index (χ2n) is 4.77. The minimum Gasteiger partial charge on any atom is -0.389 e. The van der Waals surface area contributed by atoms with Crippen LogP contribution in [-0.4, -0.2) is 10.9 Å². The van der Waals surface area contributed by atoms with Crippen molar-refractivity contribution < 1.29 is 4.79 Å². The van der Waals surface area contributed by atoms with Gasteiger partial charge in [-0.05, 0) is 30.7 Å². The van der Waals surface area contributed by atoms with Crippen molar-refractivity contribution in [2.75, 3.05) is 5.32 Å². The molecule has 108 valence electrons. The van der Waals surface area contributed by atoms with Gasteiger partial charge in [-0.1, -0.05) is 53.6 Å². The van der Waals surface area contributed by atoms with Gasteiger partial charge in [0.25, 0.3) is 0 Å². The highest BCUT2D eigenvalue weighted by Crippen LogP contribution is 2.21. The van der Waals surface area contributed by atoms with Crippen molar-refractivity contribution >= 4 is 40.4 Å². The largest absolute Gasteiger partial charge is 0.389 e. The Balaban J connectivity index is 2.16. The van der Waals surface area contributed by atoms with Gasteiger partial charge >= 0.3 is 0 Å². The van der Waals surface area contributed by atoms with Crippen LogP contribution in [0.25, 0.3) is 0 Å². The summed E-state index contributed by atoms with van der Waals surface area (Å²) in [7, 11) is 0. The van der Waals surface area contributed by atoms with Gasteiger partial charge in [0.1, 0.15) is 4.99 Å². The van der Waals surface area contributed by atoms with E-state index >= 15 is 0 Å². The van der Waals surface area contributed by atoms with Gasteiger partial charge in [-0.15, -0.1) is 0 Å². The summed E-state index contributed by atoms with van der Waals surface area (Å²) in [6, 6.07) is 12.8. The van der Waals surface area contributed by atoms with Crippen LogP contribution in [0.2, 0.25) is 5.02 Å². The van der Waals surface area contributed by atoms with E-state index in [1.165, 1.54) is 0 Å². The van der Waals surface area contributed by atoms with Crippen LogP contribution in [0.4, 0.5) is 5.69 Å². The van der Waals surface area contributed by atoms with Crippen LogP contribution >= 0.6 is 23.8 Å². The molecule has 0 fully saturated rings. The number of benzene rings is 2. The number of hydrogen-bond donors (Lipinski definition) is 2. The van der Waals surface area contributed by atoms with Crippen LogP contribution in [0.5, 0.6) is 0 Å². The first-order chi connectivity index (χ1) is 9.95. The molecule has 0 spiro atoms. The van der Waals surface area contributed by atoms with E-state index in [9.17, 15) is 4.79 Å². The molecule has 0 saturated carbocycles. The van der Waals surface area contributed by atoms with Crippen LogP contribution in [0.1, 0.15) is 16.7 Å². The number of nitrogens with one attached hydrogen (secondary N) is 1. The molecule has 3 nitrogen and oxygen atoms in total. The van der Waals surface area contributed by atoms with Gasteiger partial charge in [0.2, 0.25) is 5.91 Å². The van der Waals surface area contributed by atoms with E-state index in [0.29, 0.717) is 16.3 Å². The van der Waals surface area contributed by atoms with E-state index < -0.39 is 0 Å². The molecule has 2 aromatic carbocycles. The SMILES string of the molecule is Cc1cccc(CC(=O)Nc2cc(Cl)ccc2C(N)=S)c1. The number of thiocarbonyl (C=S) groups is 1. The summed E-state index contributed by atoms with van der Waals surface area (Å²) in [5.41, 5.74) is 8.86. The lowest BCUT2D eigenvalue weighted by Crippen LogP contribution is -2.19. The average molecular weight is 319 g/mol. The van der Waals surface area contributed by atoms with Gasteiger partial charge in [-0.25, -0.2) is 0 Å². The van der Waals surface area contributed by atoms with Crippen molar-refractivity contribution in [3.8, 4) is 0 Å². The fraction of sp³-hybridized carbons (Fsp3) is 0.125. The van der Waals surface area contributed by atoms with Gasteiger partial charge in [-0.2, -0.15) is 0 Å². The standard InChI is InChI=1S/C16H15ClN2OS/c1-10-3-2-4-11(7-10)8-15(20)19-14-9-12(17)5-6-13(14)16(18)21/h2-7,9H,8H2,1H3,(H2,18,21)(H,19,20). The molecule has 2 aromatic rings. The zero-order valence-electron chi connectivity index (χ0n) is 11.5. The summed E-state index contributed by atoms with van der Waals surface area (Å²) < 4.78 is 0. The lowest BCUT2D eigenvalue weighted by Gasteiger charge is -2.11. The first-order valence-corrected chi connectivity index (χ1v) is 7.19. The maximum atomic E-state index is 12.1. The van der Waals surface area contributed by atoms with E-state index in [2.05, 4.69) is 5.32 Å². The number of rotatable bonds is 4. The smallest absolute Gasteiger partial charge is 0.228 e. The number of hydrogen-bond acceptors (Lipinski definition) is 2. The molecule has 0 unspecified atom stereocenters. The van der Waals surface area contributed by atoms with Gasteiger partial charge < -0.3 is 11.1 Å². The minimum atomic E-state index is -0.139. The predicted octanol–water partition coefficient (Wildman–Crippen LogP) is 3.46. The molecule has 0 aliphatic carbocycles. The van der Waals surface area contributed by atoms with Gasteiger partial charge in [0.15, 0.2) is 0 Å². The number of carbonyl (C=O) groups excluding carboxylic acids is 1. The summed E-state index contributed by atoms with van der Waals surface area (Å²) in [6.45, 7) is 1.99. The number of halogens is 1. The molecule has 0 aliphatic heterocycles. The third-order valence-electron chi connectivity index (χ3n) is 2.97. The van der Waals surface area contributed by atoms with E-state index in [0.717, 1.165) is 11.1 Å². The van der Waals surface area contributed by atoms with Crippen molar-refractivity contribution in [3.05, 3.63) is 64.2 Å². The zero-order chi connectivity index (χ0) is 15.4. The number of anilines is 1. The number of aryl methyl sites for hydroxylation is 1. The first-order valence-electron chi connectivity index (χ1n) is 6.40. The van der Waals surface area contributed by atoms with E-state index in [4.69, 9.17) is 29.6 Å². The van der Waals surface area contributed by atoms with Crippen molar-refractivity contribution in [2.45, 2.75) is 13.3 Å². The Bertz CT molecular complexity index is 700. The summed E-state index contributed by atoms with van der Waals surface area (Å²) in [6.07, 6.45) is 0.283. The quantitative estimate of drug-likeness (QED) is 0.849. The molecule has 5 heteroatoms. The third kappa shape index (κ3) is 4.28. The van der Waals surface area contributed by atoms with E-state index in [1.54, 1.807) is 18.2 Å². The number of amides is 1. The second-order valence-corrected chi connectivity index (χ2v) is 5.64. The fourth-order valence-electron chi connectivity index (χ4n) is 2.04. The molecule has 0 bridgehead atoms. The van der Waals surface area contributed by atoms with Crippen LogP contribution in [0.3, 0.4) is 0 Å². The third-order valence-corrected chi connectivity index (χ3v) is 3.42. The molecular formula is C16H15ClN2OS. The summed E-state index contributed by atoms with van der Waals surface area (Å²) in [4.78, 5) is 12.4. The second kappa shape index (κ2) is 6.70. The van der Waals surface area contributed by atoms with Crippen LogP contribution in [0, 0.1) is 6.92 Å².